The predicted octanol–water partition coefficient (Wildman–Crippen LogP) is 5.68. The maximum absolute atomic E-state index is 12.1. The number of carboxylic acid groups (broad SMARTS) is 1. The van der Waals surface area contributed by atoms with Crippen LogP contribution < -0.4 is 5.32 Å². The first-order chi connectivity index (χ1) is 15.5. The average molecular weight is 481 g/mol. The zero-order chi connectivity index (χ0) is 22.1. The smallest absolute Gasteiger partial charge is 0.412 e. The number of rotatable bonds is 5. The quantitative estimate of drug-likeness (QED) is 0.359. The second-order valence-corrected chi connectivity index (χ2v) is 10.1. The predicted molar refractivity (Wildman–Crippen MR) is 127 cm³/mol. The Morgan fingerprint density at radius 2 is 1.91 bits per heavy atom. The van der Waals surface area contributed by atoms with Gasteiger partial charge in [-0.2, -0.15) is 4.37 Å². The summed E-state index contributed by atoms with van der Waals surface area (Å²) in [6.45, 7) is 0.183. The standard InChI is InChI=1S/C23H16N2O4S3/c26-21(27)23(8-9-23)20-11-19-18(32-20)10-15(31-19)6-7-16-17(13-30-25-16)24-22(28)29-12-14-4-2-1-3-5-14/h1-5,10-11,13H,8-9,12H2,(H,24,28)(H,26,27). The third-order valence-corrected chi connectivity index (χ3v) is 8.20. The van der Waals surface area contributed by atoms with E-state index in [0.717, 1.165) is 24.7 Å². The molecule has 1 amide bonds. The molecular formula is C23H16N2O4S3. The molecule has 1 aliphatic carbocycles. The van der Waals surface area contributed by atoms with Gasteiger partial charge in [0.1, 0.15) is 12.0 Å². The third-order valence-electron chi connectivity index (χ3n) is 5.16. The normalized spacial score (nSPS) is 13.9. The number of anilines is 1. The van der Waals surface area contributed by atoms with Gasteiger partial charge in [-0.3, -0.25) is 10.1 Å². The van der Waals surface area contributed by atoms with Gasteiger partial charge in [-0.05, 0) is 53.9 Å². The lowest BCUT2D eigenvalue weighted by molar-refractivity contribution is -0.139. The third kappa shape index (κ3) is 4.12. The average Bonchev–Trinajstić information content (AvgIpc) is 3.11. The molecule has 6 nitrogen and oxygen atoms in total. The molecular weight excluding hydrogens is 464 g/mol. The lowest BCUT2D eigenvalue weighted by Crippen LogP contribution is -2.17. The lowest BCUT2D eigenvalue weighted by atomic mass is 10.1. The van der Waals surface area contributed by atoms with Crippen LogP contribution in [0, 0.1) is 11.8 Å². The van der Waals surface area contributed by atoms with E-state index in [9.17, 15) is 14.7 Å². The summed E-state index contributed by atoms with van der Waals surface area (Å²) in [6, 6.07) is 13.4. The van der Waals surface area contributed by atoms with Crippen LogP contribution in [-0.2, 0) is 21.6 Å². The molecule has 32 heavy (non-hydrogen) atoms. The van der Waals surface area contributed by atoms with Crippen LogP contribution in [0.15, 0.2) is 47.8 Å². The van der Waals surface area contributed by atoms with Gasteiger partial charge in [0, 0.05) is 19.7 Å². The Labute approximate surface area is 195 Å². The zero-order valence-corrected chi connectivity index (χ0v) is 19.0. The summed E-state index contributed by atoms with van der Waals surface area (Å²) in [5.74, 6) is 5.38. The molecule has 4 aromatic rings. The Balaban J connectivity index is 1.26. The minimum Gasteiger partial charge on any atom is -0.481 e. The van der Waals surface area contributed by atoms with Crippen molar-refractivity contribution in [3.63, 3.8) is 0 Å². The number of aliphatic carboxylic acids is 1. The van der Waals surface area contributed by atoms with Crippen LogP contribution in [0.1, 0.15) is 33.9 Å². The van der Waals surface area contributed by atoms with Crippen LogP contribution in [0.2, 0.25) is 0 Å². The van der Waals surface area contributed by atoms with Crippen molar-refractivity contribution in [2.75, 3.05) is 5.32 Å². The Morgan fingerprint density at radius 1 is 1.12 bits per heavy atom. The summed E-state index contributed by atoms with van der Waals surface area (Å²) in [7, 11) is 0. The highest BCUT2D eigenvalue weighted by Crippen LogP contribution is 2.52. The first-order valence-electron chi connectivity index (χ1n) is 9.75. The van der Waals surface area contributed by atoms with Gasteiger partial charge in [-0.1, -0.05) is 30.3 Å². The second kappa shape index (κ2) is 8.39. The summed E-state index contributed by atoms with van der Waals surface area (Å²) >= 11 is 4.26. The zero-order valence-electron chi connectivity index (χ0n) is 16.6. The van der Waals surface area contributed by atoms with E-state index in [1.54, 1.807) is 5.38 Å². The number of aromatic nitrogens is 1. The molecule has 3 aromatic heterocycles. The number of thiophene rings is 2. The SMILES string of the molecule is O=C(Nc1csnc1C#Cc1cc2sc(C3(C(=O)O)CC3)cc2s1)OCc1ccccc1. The van der Waals surface area contributed by atoms with Crippen LogP contribution in [-0.4, -0.2) is 21.5 Å². The van der Waals surface area contributed by atoms with Crippen molar-refractivity contribution in [3.05, 3.63) is 68.9 Å². The molecule has 0 bridgehead atoms. The number of carboxylic acids is 1. The van der Waals surface area contributed by atoms with Crippen LogP contribution in [0.25, 0.3) is 9.40 Å². The van der Waals surface area contributed by atoms with Crippen molar-refractivity contribution in [1.29, 1.82) is 0 Å². The molecule has 0 atom stereocenters. The first kappa shape index (κ1) is 20.7. The fourth-order valence-electron chi connectivity index (χ4n) is 3.23. The van der Waals surface area contributed by atoms with Crippen LogP contribution >= 0.6 is 34.2 Å². The van der Waals surface area contributed by atoms with Crippen molar-refractivity contribution in [3.8, 4) is 11.8 Å². The van der Waals surface area contributed by atoms with Crippen molar-refractivity contribution in [2.24, 2.45) is 0 Å². The van der Waals surface area contributed by atoms with E-state index < -0.39 is 17.5 Å². The van der Waals surface area contributed by atoms with E-state index in [1.165, 1.54) is 34.2 Å². The molecule has 5 rings (SSSR count). The maximum Gasteiger partial charge on any atom is 0.412 e. The minimum absolute atomic E-state index is 0.183. The minimum atomic E-state index is -0.739. The molecule has 0 aliphatic heterocycles. The van der Waals surface area contributed by atoms with E-state index in [1.807, 2.05) is 42.5 Å². The van der Waals surface area contributed by atoms with Crippen molar-refractivity contribution < 1.29 is 19.4 Å². The molecule has 1 fully saturated rings. The van der Waals surface area contributed by atoms with Gasteiger partial charge in [0.15, 0.2) is 5.69 Å². The fourth-order valence-corrected chi connectivity index (χ4v) is 6.30. The number of amides is 1. The number of carbonyl (C=O) groups excluding carboxylic acids is 1. The molecule has 0 spiro atoms. The van der Waals surface area contributed by atoms with Gasteiger partial charge in [0.2, 0.25) is 0 Å². The topological polar surface area (TPSA) is 88.5 Å². The summed E-state index contributed by atoms with van der Waals surface area (Å²) in [6.07, 6.45) is 0.848. The lowest BCUT2D eigenvalue weighted by Gasteiger charge is -2.05. The van der Waals surface area contributed by atoms with E-state index >= 15 is 0 Å². The van der Waals surface area contributed by atoms with Crippen LogP contribution in [0.3, 0.4) is 0 Å². The monoisotopic (exact) mass is 480 g/mol. The van der Waals surface area contributed by atoms with Gasteiger partial charge in [-0.15, -0.1) is 22.7 Å². The fraction of sp³-hybridized carbons (Fsp3) is 0.174. The number of carbonyl (C=O) groups is 2. The number of ether oxygens (including phenoxy) is 1. The second-order valence-electron chi connectivity index (χ2n) is 7.35. The molecule has 1 saturated carbocycles. The van der Waals surface area contributed by atoms with E-state index in [0.29, 0.717) is 24.2 Å². The van der Waals surface area contributed by atoms with Crippen molar-refractivity contribution in [1.82, 2.24) is 4.37 Å². The number of nitrogens with zero attached hydrogens (tertiary/aromatic N) is 1. The van der Waals surface area contributed by atoms with Gasteiger partial charge < -0.3 is 9.84 Å². The molecule has 3 heterocycles. The van der Waals surface area contributed by atoms with E-state index in [4.69, 9.17) is 4.74 Å². The highest BCUT2D eigenvalue weighted by atomic mass is 32.1. The van der Waals surface area contributed by atoms with Crippen molar-refractivity contribution >= 4 is 61.4 Å². The summed E-state index contributed by atoms with van der Waals surface area (Å²) in [5.41, 5.74) is 1.22. The molecule has 0 radical (unpaired) electrons. The number of hydrogen-bond acceptors (Lipinski definition) is 7. The molecule has 160 valence electrons. The Kier molecular flexibility index (Phi) is 5.43. The molecule has 1 aromatic carbocycles. The molecule has 9 heteroatoms. The molecule has 2 N–H and O–H groups in total. The van der Waals surface area contributed by atoms with E-state index in [-0.39, 0.29) is 6.61 Å². The summed E-state index contributed by atoms with van der Waals surface area (Å²) in [5, 5.41) is 13.9. The first-order valence-corrected chi connectivity index (χ1v) is 12.2. The molecule has 1 aliphatic rings. The van der Waals surface area contributed by atoms with Crippen LogP contribution in [0.5, 0.6) is 0 Å². The Hall–Kier alpha value is -3.19. The maximum atomic E-state index is 12.1. The highest BCUT2D eigenvalue weighted by molar-refractivity contribution is 7.28. The Morgan fingerprint density at radius 3 is 2.62 bits per heavy atom. The van der Waals surface area contributed by atoms with Crippen molar-refractivity contribution in [2.45, 2.75) is 24.9 Å². The number of fused-ring (bicyclic) bond motifs is 1. The molecule has 0 saturated heterocycles. The van der Waals surface area contributed by atoms with Gasteiger partial charge >= 0.3 is 12.1 Å². The summed E-state index contributed by atoms with van der Waals surface area (Å²) in [4.78, 5) is 25.5. The molecule has 0 unspecified atom stereocenters. The van der Waals surface area contributed by atoms with E-state index in [2.05, 4.69) is 21.5 Å². The summed E-state index contributed by atoms with van der Waals surface area (Å²) < 4.78 is 11.6. The number of hydrogen-bond donors (Lipinski definition) is 2. The van der Waals surface area contributed by atoms with Crippen LogP contribution in [0.4, 0.5) is 10.5 Å². The Bertz CT molecular complexity index is 1340. The number of benzene rings is 1. The van der Waals surface area contributed by atoms with Gasteiger partial charge in [-0.25, -0.2) is 4.79 Å². The van der Waals surface area contributed by atoms with Gasteiger partial charge in [0.25, 0.3) is 0 Å². The number of nitrogens with one attached hydrogen (secondary N) is 1. The van der Waals surface area contributed by atoms with Gasteiger partial charge in [0.05, 0.1) is 10.6 Å². The highest BCUT2D eigenvalue weighted by Gasteiger charge is 2.53. The largest absolute Gasteiger partial charge is 0.481 e.